The molecular weight excluding hydrogens is 431 g/mol. The first kappa shape index (κ1) is 21.2. The zero-order chi connectivity index (χ0) is 23.2. The van der Waals surface area contributed by atoms with Crippen LogP contribution in [-0.4, -0.2) is 35.1 Å². The second-order valence-electron chi connectivity index (χ2n) is 8.33. The molecule has 170 valence electrons. The summed E-state index contributed by atoms with van der Waals surface area (Å²) in [6.45, 7) is 3.37. The first-order valence-electron chi connectivity index (χ1n) is 10.8. The van der Waals surface area contributed by atoms with Crippen LogP contribution in [0.5, 0.6) is 0 Å². The summed E-state index contributed by atoms with van der Waals surface area (Å²) < 4.78 is 39.9. The highest BCUT2D eigenvalue weighted by Gasteiger charge is 2.39. The topological polar surface area (TPSA) is 61.4 Å². The van der Waals surface area contributed by atoms with Crippen LogP contribution in [0.1, 0.15) is 24.0 Å². The molecule has 9 heteroatoms. The molecule has 2 amide bonds. The van der Waals surface area contributed by atoms with Crippen molar-refractivity contribution in [3.8, 4) is 11.3 Å². The number of piperidine rings is 1. The number of aromatic nitrogens is 2. The molecule has 0 unspecified atom stereocenters. The Labute approximate surface area is 189 Å². The molecule has 2 aromatic heterocycles. The average molecular weight is 453 g/mol. The average Bonchev–Trinajstić information content (AvgIpc) is 2.80. The van der Waals surface area contributed by atoms with E-state index in [-0.39, 0.29) is 12.1 Å². The Morgan fingerprint density at radius 2 is 2.00 bits per heavy atom. The third-order valence-electron chi connectivity index (χ3n) is 6.09. The van der Waals surface area contributed by atoms with E-state index in [9.17, 15) is 18.0 Å². The zero-order valence-corrected chi connectivity index (χ0v) is 17.9. The molecule has 1 N–H and O–H groups in total. The lowest BCUT2D eigenvalue weighted by Gasteiger charge is -2.46. The van der Waals surface area contributed by atoms with Crippen molar-refractivity contribution in [2.45, 2.75) is 32.0 Å². The maximum Gasteiger partial charge on any atom is 0.416 e. The lowest BCUT2D eigenvalue weighted by atomic mass is 9.97. The van der Waals surface area contributed by atoms with Gasteiger partial charge in [-0.1, -0.05) is 18.2 Å². The number of hydrogen-bond donors (Lipinski definition) is 1. The van der Waals surface area contributed by atoms with E-state index in [1.54, 1.807) is 35.4 Å². The highest BCUT2D eigenvalue weighted by Crippen LogP contribution is 2.41. The number of urea groups is 1. The van der Waals surface area contributed by atoms with Gasteiger partial charge in [-0.2, -0.15) is 13.2 Å². The van der Waals surface area contributed by atoms with Crippen molar-refractivity contribution < 1.29 is 18.0 Å². The number of carbonyl (C=O) groups is 1. The molecular formula is C24H22F3N5O. The fourth-order valence-corrected chi connectivity index (χ4v) is 4.56. The van der Waals surface area contributed by atoms with Crippen LogP contribution in [0.25, 0.3) is 11.3 Å². The van der Waals surface area contributed by atoms with Gasteiger partial charge in [0, 0.05) is 24.8 Å². The van der Waals surface area contributed by atoms with Gasteiger partial charge >= 0.3 is 12.2 Å². The maximum absolute atomic E-state index is 13.3. The number of pyridine rings is 2. The number of anilines is 3. The Morgan fingerprint density at radius 1 is 1.15 bits per heavy atom. The van der Waals surface area contributed by atoms with Crippen molar-refractivity contribution in [3.63, 3.8) is 0 Å². The van der Waals surface area contributed by atoms with Gasteiger partial charge in [-0.25, -0.2) is 14.8 Å². The molecule has 1 saturated heterocycles. The third-order valence-corrected chi connectivity index (χ3v) is 6.09. The van der Waals surface area contributed by atoms with Crippen LogP contribution < -0.4 is 15.1 Å². The maximum atomic E-state index is 13.3. The second kappa shape index (κ2) is 8.06. The third kappa shape index (κ3) is 3.99. The van der Waals surface area contributed by atoms with Crippen LogP contribution in [0.15, 0.2) is 54.7 Å². The molecule has 0 spiro atoms. The van der Waals surface area contributed by atoms with Gasteiger partial charge in [0.1, 0.15) is 5.82 Å². The summed E-state index contributed by atoms with van der Waals surface area (Å²) in [6, 6.07) is 11.9. The number of nitrogens with zero attached hydrogens (tertiary/aromatic N) is 4. The number of alkyl halides is 3. The van der Waals surface area contributed by atoms with E-state index in [4.69, 9.17) is 4.98 Å². The minimum Gasteiger partial charge on any atom is -0.366 e. The van der Waals surface area contributed by atoms with Crippen LogP contribution in [0.2, 0.25) is 0 Å². The Bertz CT molecular complexity index is 1200. The number of amides is 2. The summed E-state index contributed by atoms with van der Waals surface area (Å²) in [4.78, 5) is 26.1. The SMILES string of the molecule is Cc1cc2c(nc1-c1cccc(C(F)(F)F)c1)N(C(=O)Nc1ccccn1)[C@H]1CCCN2C1. The number of carbonyl (C=O) groups excluding carboxylic acids is 1. The van der Waals surface area contributed by atoms with Gasteiger partial charge in [-0.05, 0) is 55.7 Å². The number of hydrogen-bond acceptors (Lipinski definition) is 4. The van der Waals surface area contributed by atoms with Crippen molar-refractivity contribution >= 4 is 23.4 Å². The summed E-state index contributed by atoms with van der Waals surface area (Å²) >= 11 is 0. The molecule has 0 aliphatic carbocycles. The highest BCUT2D eigenvalue weighted by atomic mass is 19.4. The van der Waals surface area contributed by atoms with Crippen LogP contribution in [-0.2, 0) is 6.18 Å². The molecule has 2 aliphatic heterocycles. The van der Waals surface area contributed by atoms with E-state index >= 15 is 0 Å². The van der Waals surface area contributed by atoms with Gasteiger partial charge < -0.3 is 4.90 Å². The fraction of sp³-hybridized carbons (Fsp3) is 0.292. The van der Waals surface area contributed by atoms with E-state index in [0.717, 1.165) is 42.8 Å². The minimum atomic E-state index is -4.45. The molecule has 1 fully saturated rings. The molecule has 0 saturated carbocycles. The number of nitrogens with one attached hydrogen (secondary N) is 1. The molecule has 5 rings (SSSR count). The molecule has 6 nitrogen and oxygen atoms in total. The zero-order valence-electron chi connectivity index (χ0n) is 17.9. The Morgan fingerprint density at radius 3 is 2.76 bits per heavy atom. The van der Waals surface area contributed by atoms with Crippen LogP contribution in [0.3, 0.4) is 0 Å². The Hall–Kier alpha value is -3.62. The molecule has 33 heavy (non-hydrogen) atoms. The number of halogens is 3. The molecule has 2 bridgehead atoms. The van der Waals surface area contributed by atoms with Crippen molar-refractivity contribution in [2.75, 3.05) is 28.2 Å². The van der Waals surface area contributed by atoms with Gasteiger partial charge in [0.25, 0.3) is 0 Å². The van der Waals surface area contributed by atoms with E-state index in [2.05, 4.69) is 15.2 Å². The van der Waals surface area contributed by atoms with Crippen LogP contribution >= 0.6 is 0 Å². The smallest absolute Gasteiger partial charge is 0.366 e. The number of aryl methyl sites for hydroxylation is 1. The first-order valence-corrected chi connectivity index (χ1v) is 10.8. The van der Waals surface area contributed by atoms with E-state index < -0.39 is 11.7 Å². The minimum absolute atomic E-state index is 0.0838. The highest BCUT2D eigenvalue weighted by molar-refractivity contribution is 6.04. The summed E-state index contributed by atoms with van der Waals surface area (Å²) in [5.74, 6) is 0.880. The molecule has 4 heterocycles. The Kier molecular flexibility index (Phi) is 5.19. The van der Waals surface area contributed by atoms with E-state index in [0.29, 0.717) is 29.4 Å². The van der Waals surface area contributed by atoms with E-state index in [1.807, 2.05) is 13.0 Å². The molecule has 1 atom stereocenters. The van der Waals surface area contributed by atoms with Crippen LogP contribution in [0, 0.1) is 6.92 Å². The number of fused-ring (bicyclic) bond motifs is 4. The van der Waals surface area contributed by atoms with Crippen molar-refractivity contribution in [1.82, 2.24) is 9.97 Å². The Balaban J connectivity index is 1.59. The molecule has 3 aromatic rings. The summed E-state index contributed by atoms with van der Waals surface area (Å²) in [6.07, 6.45) is -1.10. The van der Waals surface area contributed by atoms with Crippen molar-refractivity contribution in [3.05, 3.63) is 65.9 Å². The van der Waals surface area contributed by atoms with Gasteiger partial charge in [0.05, 0.1) is 23.0 Å². The normalized spacial score (nSPS) is 17.5. The van der Waals surface area contributed by atoms with Gasteiger partial charge in [0.2, 0.25) is 0 Å². The lowest BCUT2D eigenvalue weighted by molar-refractivity contribution is -0.137. The van der Waals surface area contributed by atoms with Gasteiger partial charge in [-0.3, -0.25) is 10.2 Å². The van der Waals surface area contributed by atoms with Crippen molar-refractivity contribution in [2.24, 2.45) is 0 Å². The molecule has 1 aromatic carbocycles. The largest absolute Gasteiger partial charge is 0.416 e. The fourth-order valence-electron chi connectivity index (χ4n) is 4.56. The predicted molar refractivity (Wildman–Crippen MR) is 120 cm³/mol. The van der Waals surface area contributed by atoms with E-state index in [1.165, 1.54) is 6.07 Å². The lowest BCUT2D eigenvalue weighted by Crippen LogP contribution is -2.56. The standard InChI is InChI=1S/C24H22F3N5O/c1-15-12-19-22(30-21(15)16-6-4-7-17(13-16)24(25,26)27)32(18-8-5-11-31(19)14-18)23(33)29-20-9-2-3-10-28-20/h2-4,6-7,9-10,12-13,18H,5,8,11,14H2,1H3,(H,28,29,33)/t18-/m0/s1. The monoisotopic (exact) mass is 453 g/mol. The first-order chi connectivity index (χ1) is 15.8. The molecule has 0 radical (unpaired) electrons. The summed E-state index contributed by atoms with van der Waals surface area (Å²) in [7, 11) is 0. The van der Waals surface area contributed by atoms with Gasteiger partial charge in [0.15, 0.2) is 5.82 Å². The number of benzene rings is 1. The number of rotatable bonds is 2. The molecule has 2 aliphatic rings. The van der Waals surface area contributed by atoms with Crippen molar-refractivity contribution in [1.29, 1.82) is 0 Å². The summed E-state index contributed by atoms with van der Waals surface area (Å²) in [5.41, 5.74) is 1.62. The van der Waals surface area contributed by atoms with Crippen LogP contribution in [0.4, 0.5) is 35.3 Å². The second-order valence-corrected chi connectivity index (χ2v) is 8.33. The van der Waals surface area contributed by atoms with Gasteiger partial charge in [-0.15, -0.1) is 0 Å². The summed E-state index contributed by atoms with van der Waals surface area (Å²) in [5, 5.41) is 2.83. The predicted octanol–water partition coefficient (Wildman–Crippen LogP) is 5.49. The quantitative estimate of drug-likeness (QED) is 0.557.